The monoisotopic (exact) mass is 322 g/mol. The molecule has 0 spiro atoms. The Hall–Kier alpha value is 0.0600. The molecule has 68 valence electrons. The maximum absolute atomic E-state index is 5.26. The number of fused-ring (bicyclic) bond motifs is 1. The molecule has 4 heteroatoms. The topological polar surface area (TPSA) is 9.23 Å². The number of hydrogen-bond acceptors (Lipinski definition) is 3. The molecule has 0 bridgehead atoms. The summed E-state index contributed by atoms with van der Waals surface area (Å²) >= 11 is 8.43. The van der Waals surface area contributed by atoms with Crippen LogP contribution in [0.2, 0.25) is 0 Å². The Bertz CT molecular complexity index is 450. The molecule has 0 amide bonds. The minimum atomic E-state index is 0.920. The fraction of sp³-hybridized carbons (Fsp3) is 0.111. The average Bonchev–Trinajstić information content (AvgIpc) is 2.55. The normalized spacial score (nSPS) is 10.7. The summed E-state index contributed by atoms with van der Waals surface area (Å²) in [6.45, 7) is 0. The summed E-state index contributed by atoms with van der Waals surface area (Å²) in [5, 5.41) is 3.14. The molecular formula is C9H7IOS2. The van der Waals surface area contributed by atoms with Crippen molar-refractivity contribution >= 4 is 56.6 Å². The van der Waals surface area contributed by atoms with Crippen molar-refractivity contribution in [2.45, 2.75) is 4.90 Å². The van der Waals surface area contributed by atoms with Crippen molar-refractivity contribution in [2.24, 2.45) is 0 Å². The molecule has 1 aromatic heterocycles. The maximum Gasteiger partial charge on any atom is 0.138 e. The van der Waals surface area contributed by atoms with E-state index in [1.54, 1.807) is 18.4 Å². The lowest BCUT2D eigenvalue weighted by molar-refractivity contribution is 0.421. The molecule has 0 fully saturated rings. The number of methoxy groups -OCH3 is 1. The Morgan fingerprint density at radius 1 is 1.46 bits per heavy atom. The predicted octanol–water partition coefficient (Wildman–Crippen LogP) is 3.80. The first-order valence-electron chi connectivity index (χ1n) is 3.66. The molecule has 2 aromatic rings. The smallest absolute Gasteiger partial charge is 0.138 e. The van der Waals surface area contributed by atoms with Crippen LogP contribution in [0.1, 0.15) is 0 Å². The maximum atomic E-state index is 5.26. The van der Waals surface area contributed by atoms with E-state index >= 15 is 0 Å². The molecule has 0 N–H and O–H groups in total. The molecule has 0 aliphatic carbocycles. The van der Waals surface area contributed by atoms with Gasteiger partial charge in [-0.3, -0.25) is 0 Å². The van der Waals surface area contributed by atoms with E-state index in [0.717, 1.165) is 19.6 Å². The quantitative estimate of drug-likeness (QED) is 0.621. The van der Waals surface area contributed by atoms with E-state index in [2.05, 4.69) is 47.4 Å². The minimum absolute atomic E-state index is 0.920. The van der Waals surface area contributed by atoms with Crippen molar-refractivity contribution in [3.8, 4) is 5.75 Å². The highest BCUT2D eigenvalue weighted by Gasteiger charge is 2.09. The van der Waals surface area contributed by atoms with Crippen LogP contribution in [0.5, 0.6) is 5.75 Å². The van der Waals surface area contributed by atoms with Crippen LogP contribution in [-0.4, -0.2) is 7.11 Å². The molecule has 1 aromatic carbocycles. The molecule has 1 nitrogen and oxygen atoms in total. The molecule has 2 rings (SSSR count). The number of benzene rings is 1. The molecule has 0 radical (unpaired) electrons. The van der Waals surface area contributed by atoms with Gasteiger partial charge < -0.3 is 4.74 Å². The van der Waals surface area contributed by atoms with Crippen molar-refractivity contribution in [3.05, 3.63) is 21.1 Å². The second kappa shape index (κ2) is 3.67. The molecule has 0 unspecified atom stereocenters. The van der Waals surface area contributed by atoms with Gasteiger partial charge in [-0.1, -0.05) is 0 Å². The Labute approximate surface area is 99.6 Å². The van der Waals surface area contributed by atoms with Crippen molar-refractivity contribution < 1.29 is 4.74 Å². The SMILES string of the molecule is COc1csc2ccc(I)c(S)c12. The number of ether oxygens (including phenoxy) is 1. The fourth-order valence-corrected chi connectivity index (χ4v) is 2.96. The first-order chi connectivity index (χ1) is 6.24. The number of hydrogen-bond donors (Lipinski definition) is 1. The van der Waals surface area contributed by atoms with Crippen LogP contribution in [-0.2, 0) is 0 Å². The van der Waals surface area contributed by atoms with Crippen LogP contribution in [0, 0.1) is 3.57 Å². The zero-order valence-electron chi connectivity index (χ0n) is 6.87. The van der Waals surface area contributed by atoms with Gasteiger partial charge in [0.05, 0.1) is 7.11 Å². The molecular weight excluding hydrogens is 315 g/mol. The first-order valence-corrected chi connectivity index (χ1v) is 6.07. The van der Waals surface area contributed by atoms with Crippen LogP contribution in [0.25, 0.3) is 10.1 Å². The molecule has 0 aliphatic rings. The summed E-state index contributed by atoms with van der Waals surface area (Å²) < 4.78 is 7.64. The molecule has 1 heterocycles. The van der Waals surface area contributed by atoms with E-state index in [1.165, 1.54) is 4.70 Å². The second-order valence-electron chi connectivity index (χ2n) is 2.57. The van der Waals surface area contributed by atoms with Crippen LogP contribution < -0.4 is 4.74 Å². The minimum Gasteiger partial charge on any atom is -0.495 e. The van der Waals surface area contributed by atoms with E-state index in [1.807, 2.05) is 5.38 Å². The molecule has 0 aliphatic heterocycles. The van der Waals surface area contributed by atoms with Gasteiger partial charge in [0.25, 0.3) is 0 Å². The van der Waals surface area contributed by atoms with Gasteiger partial charge in [-0.15, -0.1) is 24.0 Å². The summed E-state index contributed by atoms with van der Waals surface area (Å²) in [6.07, 6.45) is 0. The van der Waals surface area contributed by atoms with E-state index < -0.39 is 0 Å². The summed E-state index contributed by atoms with van der Waals surface area (Å²) in [6, 6.07) is 4.17. The number of thiophene rings is 1. The van der Waals surface area contributed by atoms with Crippen LogP contribution in [0.3, 0.4) is 0 Å². The number of thiol groups is 1. The Balaban J connectivity index is 2.85. The fourth-order valence-electron chi connectivity index (χ4n) is 1.21. The highest BCUT2D eigenvalue weighted by molar-refractivity contribution is 14.1. The third-order valence-corrected chi connectivity index (χ3v) is 4.57. The van der Waals surface area contributed by atoms with Crippen molar-refractivity contribution in [1.82, 2.24) is 0 Å². The lowest BCUT2D eigenvalue weighted by Gasteiger charge is -2.01. The third-order valence-electron chi connectivity index (χ3n) is 1.85. The van der Waals surface area contributed by atoms with E-state index in [-0.39, 0.29) is 0 Å². The molecule has 0 saturated heterocycles. The van der Waals surface area contributed by atoms with Gasteiger partial charge in [0, 0.05) is 23.9 Å². The third kappa shape index (κ3) is 1.55. The van der Waals surface area contributed by atoms with Crippen LogP contribution >= 0.6 is 46.6 Å². The predicted molar refractivity (Wildman–Crippen MR) is 68.3 cm³/mol. The van der Waals surface area contributed by atoms with Crippen molar-refractivity contribution in [1.29, 1.82) is 0 Å². The van der Waals surface area contributed by atoms with Crippen molar-refractivity contribution in [3.63, 3.8) is 0 Å². The van der Waals surface area contributed by atoms with Gasteiger partial charge in [0.15, 0.2) is 0 Å². The van der Waals surface area contributed by atoms with Crippen molar-refractivity contribution in [2.75, 3.05) is 7.11 Å². The van der Waals surface area contributed by atoms with Gasteiger partial charge in [-0.05, 0) is 34.7 Å². The second-order valence-corrected chi connectivity index (χ2v) is 5.09. The van der Waals surface area contributed by atoms with E-state index in [9.17, 15) is 0 Å². The lowest BCUT2D eigenvalue weighted by atomic mass is 10.2. The number of rotatable bonds is 1. The molecule has 0 saturated carbocycles. The summed E-state index contributed by atoms with van der Waals surface area (Å²) in [4.78, 5) is 1.01. The zero-order chi connectivity index (χ0) is 9.42. The highest BCUT2D eigenvalue weighted by Crippen LogP contribution is 2.38. The zero-order valence-corrected chi connectivity index (χ0v) is 10.7. The Morgan fingerprint density at radius 3 is 2.92 bits per heavy atom. The average molecular weight is 322 g/mol. The highest BCUT2D eigenvalue weighted by atomic mass is 127. The van der Waals surface area contributed by atoms with Gasteiger partial charge in [-0.2, -0.15) is 0 Å². The van der Waals surface area contributed by atoms with Gasteiger partial charge in [0.2, 0.25) is 0 Å². The molecule has 0 atom stereocenters. The van der Waals surface area contributed by atoms with Gasteiger partial charge >= 0.3 is 0 Å². The number of halogens is 1. The standard InChI is InChI=1S/C9H7IOS2/c1-11-6-4-13-7-3-2-5(10)9(12)8(6)7/h2-4,12H,1H3. The largest absolute Gasteiger partial charge is 0.495 e. The van der Waals surface area contributed by atoms with E-state index in [0.29, 0.717) is 0 Å². The summed E-state index contributed by atoms with van der Waals surface area (Å²) in [5.74, 6) is 0.920. The summed E-state index contributed by atoms with van der Waals surface area (Å²) in [7, 11) is 1.69. The van der Waals surface area contributed by atoms with Crippen LogP contribution in [0.15, 0.2) is 22.4 Å². The summed E-state index contributed by atoms with van der Waals surface area (Å²) in [5.41, 5.74) is 0. The van der Waals surface area contributed by atoms with Crippen LogP contribution in [0.4, 0.5) is 0 Å². The molecule has 13 heavy (non-hydrogen) atoms. The van der Waals surface area contributed by atoms with E-state index in [4.69, 9.17) is 4.74 Å². The first kappa shape index (κ1) is 9.61. The Morgan fingerprint density at radius 2 is 2.23 bits per heavy atom. The Kier molecular flexibility index (Phi) is 2.71. The van der Waals surface area contributed by atoms with Gasteiger partial charge in [0.1, 0.15) is 5.75 Å². The van der Waals surface area contributed by atoms with Gasteiger partial charge in [-0.25, -0.2) is 0 Å². The lowest BCUT2D eigenvalue weighted by Crippen LogP contribution is -1.82.